The van der Waals surface area contributed by atoms with Crippen molar-refractivity contribution in [2.75, 3.05) is 12.9 Å². The molecule has 0 aliphatic rings. The monoisotopic (exact) mass is 303 g/mol. The summed E-state index contributed by atoms with van der Waals surface area (Å²) < 4.78 is 5.24. The maximum atomic E-state index is 11.8. The van der Waals surface area contributed by atoms with Crippen LogP contribution in [0, 0.1) is 0 Å². The van der Waals surface area contributed by atoms with Crippen LogP contribution in [0.4, 0.5) is 0 Å². The third-order valence-corrected chi connectivity index (χ3v) is 3.89. The van der Waals surface area contributed by atoms with Gasteiger partial charge in [0.2, 0.25) is 5.91 Å². The Morgan fingerprint density at radius 1 is 1.19 bits per heavy atom. The minimum absolute atomic E-state index is 0.0426. The molecule has 2 aromatic carbocycles. The Balaban J connectivity index is 1.81. The molecule has 5 heteroatoms. The molecule has 0 radical (unpaired) electrons. The van der Waals surface area contributed by atoms with Gasteiger partial charge in [-0.1, -0.05) is 18.2 Å². The molecule has 21 heavy (non-hydrogen) atoms. The van der Waals surface area contributed by atoms with Gasteiger partial charge in [-0.2, -0.15) is 0 Å². The van der Waals surface area contributed by atoms with E-state index < -0.39 is 0 Å². The van der Waals surface area contributed by atoms with Crippen molar-refractivity contribution in [3.05, 3.63) is 54.1 Å². The van der Waals surface area contributed by atoms with Crippen LogP contribution in [0.2, 0.25) is 0 Å². The Bertz CT molecular complexity index is 599. The predicted octanol–water partition coefficient (Wildman–Crippen LogP) is 2.81. The lowest BCUT2D eigenvalue weighted by Crippen LogP contribution is -2.24. The molecular formula is C16H17NO3S. The van der Waals surface area contributed by atoms with Crippen LogP contribution >= 0.6 is 11.8 Å². The summed E-state index contributed by atoms with van der Waals surface area (Å²) >= 11 is 1.43. The molecule has 110 valence electrons. The molecule has 0 fully saturated rings. The molecule has 0 atom stereocenters. The van der Waals surface area contributed by atoms with Crippen LogP contribution in [0.3, 0.4) is 0 Å². The first-order chi connectivity index (χ1) is 10.2. The Kier molecular flexibility index (Phi) is 5.51. The molecule has 0 spiro atoms. The van der Waals surface area contributed by atoms with Crippen molar-refractivity contribution in [2.45, 2.75) is 11.4 Å². The summed E-state index contributed by atoms with van der Waals surface area (Å²) in [6.45, 7) is 0.443. The Hall–Kier alpha value is -2.14. The molecule has 0 aliphatic heterocycles. The minimum atomic E-state index is -0.0426. The summed E-state index contributed by atoms with van der Waals surface area (Å²) in [5, 5.41) is 12.1. The van der Waals surface area contributed by atoms with Crippen LogP contribution in [-0.2, 0) is 11.3 Å². The summed E-state index contributed by atoms with van der Waals surface area (Å²) in [6, 6.07) is 14.4. The summed E-state index contributed by atoms with van der Waals surface area (Å²) in [6.07, 6.45) is 0. The van der Waals surface area contributed by atoms with Crippen molar-refractivity contribution in [1.82, 2.24) is 5.32 Å². The van der Waals surface area contributed by atoms with E-state index in [0.29, 0.717) is 12.3 Å². The van der Waals surface area contributed by atoms with E-state index in [1.807, 2.05) is 24.3 Å². The standard InChI is InChI=1S/C16H17NO3S/c1-20-15-5-3-2-4-12(15)10-17-16(19)11-21-14-8-6-13(18)7-9-14/h2-9,18H,10-11H2,1H3,(H,17,19). The molecular weight excluding hydrogens is 286 g/mol. The summed E-state index contributed by atoms with van der Waals surface area (Å²) in [7, 11) is 1.61. The largest absolute Gasteiger partial charge is 0.508 e. The van der Waals surface area contributed by atoms with Crippen LogP contribution in [0.25, 0.3) is 0 Å². The quantitative estimate of drug-likeness (QED) is 0.806. The lowest BCUT2D eigenvalue weighted by molar-refractivity contribution is -0.118. The molecule has 0 aromatic heterocycles. The number of hydrogen-bond donors (Lipinski definition) is 2. The Morgan fingerprint density at radius 3 is 2.62 bits per heavy atom. The van der Waals surface area contributed by atoms with Crippen LogP contribution in [-0.4, -0.2) is 23.9 Å². The third kappa shape index (κ3) is 4.72. The first-order valence-electron chi connectivity index (χ1n) is 6.49. The van der Waals surface area contributed by atoms with E-state index in [4.69, 9.17) is 4.74 Å². The maximum absolute atomic E-state index is 11.8. The van der Waals surface area contributed by atoms with Gasteiger partial charge in [-0.3, -0.25) is 4.79 Å². The van der Waals surface area contributed by atoms with E-state index >= 15 is 0 Å². The van der Waals surface area contributed by atoms with E-state index in [1.165, 1.54) is 11.8 Å². The average molecular weight is 303 g/mol. The highest BCUT2D eigenvalue weighted by molar-refractivity contribution is 8.00. The predicted molar refractivity (Wildman–Crippen MR) is 83.7 cm³/mol. The van der Waals surface area contributed by atoms with Crippen LogP contribution < -0.4 is 10.1 Å². The second-order valence-corrected chi connectivity index (χ2v) is 5.42. The van der Waals surface area contributed by atoms with Gasteiger partial charge in [0.15, 0.2) is 0 Å². The molecule has 0 saturated carbocycles. The molecule has 4 nitrogen and oxygen atoms in total. The number of rotatable bonds is 6. The number of phenolic OH excluding ortho intramolecular Hbond substituents is 1. The highest BCUT2D eigenvalue weighted by atomic mass is 32.2. The number of carbonyl (C=O) groups is 1. The summed E-state index contributed by atoms with van der Waals surface area (Å²) in [5.41, 5.74) is 0.947. The minimum Gasteiger partial charge on any atom is -0.508 e. The number of phenols is 1. The SMILES string of the molecule is COc1ccccc1CNC(=O)CSc1ccc(O)cc1. The Labute approximate surface area is 128 Å². The molecule has 0 aliphatic carbocycles. The number of nitrogens with one attached hydrogen (secondary N) is 1. The number of benzene rings is 2. The van der Waals surface area contributed by atoms with Crippen LogP contribution in [0.5, 0.6) is 11.5 Å². The van der Waals surface area contributed by atoms with E-state index in [0.717, 1.165) is 16.2 Å². The van der Waals surface area contributed by atoms with Crippen molar-refractivity contribution in [3.63, 3.8) is 0 Å². The van der Waals surface area contributed by atoms with Crippen molar-refractivity contribution >= 4 is 17.7 Å². The van der Waals surface area contributed by atoms with Gasteiger partial charge in [-0.25, -0.2) is 0 Å². The summed E-state index contributed by atoms with van der Waals surface area (Å²) in [5.74, 6) is 1.28. The number of para-hydroxylation sites is 1. The lowest BCUT2D eigenvalue weighted by atomic mass is 10.2. The third-order valence-electron chi connectivity index (χ3n) is 2.88. The highest BCUT2D eigenvalue weighted by Gasteiger charge is 2.06. The van der Waals surface area contributed by atoms with E-state index in [2.05, 4.69) is 5.32 Å². The molecule has 0 bridgehead atoms. The molecule has 0 unspecified atom stereocenters. The van der Waals surface area contributed by atoms with Gasteiger partial charge in [0, 0.05) is 17.0 Å². The topological polar surface area (TPSA) is 58.6 Å². The number of carbonyl (C=O) groups excluding carboxylic acids is 1. The molecule has 0 saturated heterocycles. The maximum Gasteiger partial charge on any atom is 0.230 e. The zero-order valence-corrected chi connectivity index (χ0v) is 12.5. The van der Waals surface area contributed by atoms with Gasteiger partial charge in [0.05, 0.1) is 12.9 Å². The molecule has 0 heterocycles. The fraction of sp³-hybridized carbons (Fsp3) is 0.188. The first-order valence-corrected chi connectivity index (χ1v) is 7.48. The zero-order chi connectivity index (χ0) is 15.1. The van der Waals surface area contributed by atoms with Crippen molar-refractivity contribution in [2.24, 2.45) is 0 Å². The second-order valence-electron chi connectivity index (χ2n) is 4.37. The van der Waals surface area contributed by atoms with E-state index in [1.54, 1.807) is 31.4 Å². The van der Waals surface area contributed by atoms with Gasteiger partial charge in [0.1, 0.15) is 11.5 Å². The lowest BCUT2D eigenvalue weighted by Gasteiger charge is -2.09. The van der Waals surface area contributed by atoms with E-state index in [-0.39, 0.29) is 11.7 Å². The number of methoxy groups -OCH3 is 1. The average Bonchev–Trinajstić information content (AvgIpc) is 2.52. The fourth-order valence-electron chi connectivity index (χ4n) is 1.79. The highest BCUT2D eigenvalue weighted by Crippen LogP contribution is 2.20. The van der Waals surface area contributed by atoms with Gasteiger partial charge < -0.3 is 15.2 Å². The van der Waals surface area contributed by atoms with Gasteiger partial charge in [0.25, 0.3) is 0 Å². The smallest absolute Gasteiger partial charge is 0.230 e. The van der Waals surface area contributed by atoms with Gasteiger partial charge in [-0.05, 0) is 30.3 Å². The summed E-state index contributed by atoms with van der Waals surface area (Å²) in [4.78, 5) is 12.8. The second kappa shape index (κ2) is 7.59. The normalized spacial score (nSPS) is 10.1. The van der Waals surface area contributed by atoms with Crippen molar-refractivity contribution in [3.8, 4) is 11.5 Å². The number of thioether (sulfide) groups is 1. The number of aromatic hydroxyl groups is 1. The number of amides is 1. The van der Waals surface area contributed by atoms with Crippen LogP contribution in [0.1, 0.15) is 5.56 Å². The molecule has 2 aromatic rings. The first kappa shape index (κ1) is 15.3. The molecule has 2 N–H and O–H groups in total. The fourth-order valence-corrected chi connectivity index (χ4v) is 2.51. The van der Waals surface area contributed by atoms with E-state index in [9.17, 15) is 9.90 Å². The van der Waals surface area contributed by atoms with Crippen molar-refractivity contribution < 1.29 is 14.6 Å². The van der Waals surface area contributed by atoms with Gasteiger partial charge >= 0.3 is 0 Å². The number of hydrogen-bond acceptors (Lipinski definition) is 4. The molecule has 1 amide bonds. The van der Waals surface area contributed by atoms with Crippen molar-refractivity contribution in [1.29, 1.82) is 0 Å². The molecule has 2 rings (SSSR count). The zero-order valence-electron chi connectivity index (χ0n) is 11.7. The number of ether oxygens (including phenoxy) is 1. The van der Waals surface area contributed by atoms with Crippen LogP contribution in [0.15, 0.2) is 53.4 Å². The van der Waals surface area contributed by atoms with Gasteiger partial charge in [-0.15, -0.1) is 11.8 Å². The Morgan fingerprint density at radius 2 is 1.90 bits per heavy atom.